The first-order chi connectivity index (χ1) is 9.33. The Balaban J connectivity index is 1.86. The van der Waals surface area contributed by atoms with Crippen LogP contribution in [0.5, 0.6) is 0 Å². The summed E-state index contributed by atoms with van der Waals surface area (Å²) in [5.74, 6) is 0.782. The van der Waals surface area contributed by atoms with Gasteiger partial charge in [-0.15, -0.1) is 0 Å². The quantitative estimate of drug-likeness (QED) is 0.722. The van der Waals surface area contributed by atoms with Gasteiger partial charge in [-0.3, -0.25) is 4.79 Å². The Kier molecular flexibility index (Phi) is 2.25. The van der Waals surface area contributed by atoms with E-state index in [9.17, 15) is 4.79 Å². The molecule has 0 unspecified atom stereocenters. The van der Waals surface area contributed by atoms with E-state index in [1.165, 1.54) is 10.4 Å². The second-order valence-corrected chi connectivity index (χ2v) is 5.45. The zero-order valence-electron chi connectivity index (χ0n) is 10.5. The zero-order valence-corrected chi connectivity index (χ0v) is 10.5. The number of hydrogen-bond acceptors (Lipinski definition) is 1. The number of fused-ring (bicyclic) bond motifs is 4. The smallest absolute Gasteiger partial charge is 0.228 e. The number of carbonyl (C=O) groups is 1. The fourth-order valence-corrected chi connectivity index (χ4v) is 3.43. The lowest BCUT2D eigenvalue weighted by molar-refractivity contribution is -0.127. The SMILES string of the molecule is O=C1N[C@@H]2C=c3ccccc3=C[C@H]2[C@@H]2C=CC=C[C@H]12. The van der Waals surface area contributed by atoms with Crippen LogP contribution >= 0.6 is 0 Å². The lowest BCUT2D eigenvalue weighted by Crippen LogP contribution is -2.55. The average Bonchev–Trinajstić information content (AvgIpc) is 2.46. The maximum atomic E-state index is 12.2. The number of carbonyl (C=O) groups excluding carboxylic acids is 1. The number of piperidine rings is 1. The van der Waals surface area contributed by atoms with Crippen LogP contribution in [0.2, 0.25) is 0 Å². The van der Waals surface area contributed by atoms with Gasteiger partial charge in [0.05, 0.1) is 12.0 Å². The molecule has 3 aliphatic rings. The Morgan fingerprint density at radius 3 is 2.47 bits per heavy atom. The number of rotatable bonds is 0. The summed E-state index contributed by atoms with van der Waals surface area (Å²) in [4.78, 5) is 12.2. The van der Waals surface area contributed by atoms with Gasteiger partial charge in [0.1, 0.15) is 0 Å². The first-order valence-corrected chi connectivity index (χ1v) is 6.77. The molecule has 2 aliphatic carbocycles. The Hall–Kier alpha value is -2.09. The molecule has 0 spiro atoms. The van der Waals surface area contributed by atoms with Crippen LogP contribution in [-0.4, -0.2) is 11.9 Å². The van der Waals surface area contributed by atoms with E-state index in [0.29, 0.717) is 5.92 Å². The van der Waals surface area contributed by atoms with E-state index in [0.717, 1.165) is 0 Å². The summed E-state index contributed by atoms with van der Waals surface area (Å²) in [6.07, 6.45) is 12.7. The van der Waals surface area contributed by atoms with Crippen molar-refractivity contribution >= 4 is 18.1 Å². The van der Waals surface area contributed by atoms with Gasteiger partial charge in [0.15, 0.2) is 0 Å². The summed E-state index contributed by atoms with van der Waals surface area (Å²) >= 11 is 0. The van der Waals surface area contributed by atoms with E-state index in [4.69, 9.17) is 0 Å². The van der Waals surface area contributed by atoms with Gasteiger partial charge < -0.3 is 5.32 Å². The largest absolute Gasteiger partial charge is 0.349 e. The van der Waals surface area contributed by atoms with Crippen LogP contribution in [0.1, 0.15) is 0 Å². The highest BCUT2D eigenvalue weighted by atomic mass is 16.2. The third-order valence-corrected chi connectivity index (χ3v) is 4.38. The molecule has 4 atom stereocenters. The highest BCUT2D eigenvalue weighted by Gasteiger charge is 2.40. The fraction of sp³-hybridized carbons (Fsp3) is 0.235. The number of benzene rings is 1. The molecule has 2 heteroatoms. The van der Waals surface area contributed by atoms with Crippen LogP contribution < -0.4 is 15.8 Å². The van der Waals surface area contributed by atoms with Gasteiger partial charge in [-0.25, -0.2) is 0 Å². The van der Waals surface area contributed by atoms with Crippen LogP contribution in [-0.2, 0) is 4.79 Å². The van der Waals surface area contributed by atoms with E-state index < -0.39 is 0 Å². The minimum absolute atomic E-state index is 0.0128. The number of amides is 1. The lowest BCUT2D eigenvalue weighted by atomic mass is 9.70. The standard InChI is InChI=1S/C17H15NO/c19-17-14-8-4-3-7-13(14)15-9-11-5-1-2-6-12(11)10-16(15)18-17/h1-10,13-16H,(H,18,19)/t13-,14+,15+,16-/m1/s1. The molecular weight excluding hydrogens is 234 g/mol. The summed E-state index contributed by atoms with van der Waals surface area (Å²) < 4.78 is 0. The summed E-state index contributed by atoms with van der Waals surface area (Å²) in [6, 6.07) is 8.49. The van der Waals surface area contributed by atoms with Crippen LogP contribution in [0.3, 0.4) is 0 Å². The van der Waals surface area contributed by atoms with Crippen LogP contribution in [0, 0.1) is 17.8 Å². The molecule has 1 fully saturated rings. The summed E-state index contributed by atoms with van der Waals surface area (Å²) in [5.41, 5.74) is 0. The first kappa shape index (κ1) is 10.8. The van der Waals surface area contributed by atoms with Crippen molar-refractivity contribution in [1.82, 2.24) is 5.32 Å². The Morgan fingerprint density at radius 2 is 1.63 bits per heavy atom. The van der Waals surface area contributed by atoms with Crippen molar-refractivity contribution in [2.75, 3.05) is 0 Å². The predicted molar refractivity (Wildman–Crippen MR) is 75.3 cm³/mol. The molecule has 0 aromatic heterocycles. The van der Waals surface area contributed by atoms with Crippen molar-refractivity contribution in [2.24, 2.45) is 17.8 Å². The maximum Gasteiger partial charge on any atom is 0.228 e. The summed E-state index contributed by atoms with van der Waals surface area (Å²) in [7, 11) is 0. The first-order valence-electron chi connectivity index (χ1n) is 6.77. The Labute approximate surface area is 111 Å². The highest BCUT2D eigenvalue weighted by molar-refractivity contribution is 5.84. The van der Waals surface area contributed by atoms with Gasteiger partial charge in [0.2, 0.25) is 5.91 Å². The molecule has 4 rings (SSSR count). The van der Waals surface area contributed by atoms with Crippen LogP contribution in [0.4, 0.5) is 0 Å². The maximum absolute atomic E-state index is 12.2. The normalized spacial score (nSPS) is 34.2. The van der Waals surface area contributed by atoms with Gasteiger partial charge in [-0.2, -0.15) is 0 Å². The minimum Gasteiger partial charge on any atom is -0.349 e. The van der Waals surface area contributed by atoms with Crippen molar-refractivity contribution in [3.05, 3.63) is 59.0 Å². The molecule has 1 saturated heterocycles. The zero-order chi connectivity index (χ0) is 12.8. The van der Waals surface area contributed by atoms with Gasteiger partial charge in [0, 0.05) is 11.8 Å². The molecule has 1 amide bonds. The number of hydrogen-bond donors (Lipinski definition) is 1. The molecule has 19 heavy (non-hydrogen) atoms. The van der Waals surface area contributed by atoms with Gasteiger partial charge in [-0.05, 0) is 10.4 Å². The molecule has 1 aromatic carbocycles. The number of nitrogens with one attached hydrogen (secondary N) is 1. The third-order valence-electron chi connectivity index (χ3n) is 4.38. The monoisotopic (exact) mass is 249 g/mol. The van der Waals surface area contributed by atoms with Crippen LogP contribution in [0.15, 0.2) is 48.6 Å². The second-order valence-electron chi connectivity index (χ2n) is 5.45. The van der Waals surface area contributed by atoms with E-state index in [-0.39, 0.29) is 23.8 Å². The lowest BCUT2D eigenvalue weighted by Gasteiger charge is -2.40. The Bertz CT molecular complexity index is 713. The molecule has 1 aliphatic heterocycles. The molecule has 1 N–H and O–H groups in total. The van der Waals surface area contributed by atoms with E-state index >= 15 is 0 Å². The number of allylic oxidation sites excluding steroid dienone is 3. The highest BCUT2D eigenvalue weighted by Crippen LogP contribution is 2.35. The summed E-state index contributed by atoms with van der Waals surface area (Å²) in [6.45, 7) is 0. The van der Waals surface area contributed by atoms with E-state index in [1.807, 2.05) is 18.2 Å². The minimum atomic E-state index is -0.0128. The van der Waals surface area contributed by atoms with Crippen molar-refractivity contribution in [3.8, 4) is 0 Å². The molecule has 0 bridgehead atoms. The van der Waals surface area contributed by atoms with Crippen molar-refractivity contribution in [2.45, 2.75) is 6.04 Å². The molecular formula is C17H15NO. The van der Waals surface area contributed by atoms with Crippen molar-refractivity contribution in [1.29, 1.82) is 0 Å². The molecule has 1 aromatic rings. The Morgan fingerprint density at radius 1 is 0.895 bits per heavy atom. The van der Waals surface area contributed by atoms with Crippen molar-refractivity contribution in [3.63, 3.8) is 0 Å². The van der Waals surface area contributed by atoms with Crippen molar-refractivity contribution < 1.29 is 4.79 Å². The fourth-order valence-electron chi connectivity index (χ4n) is 3.43. The van der Waals surface area contributed by atoms with E-state index in [2.05, 4.69) is 47.8 Å². The predicted octanol–water partition coefficient (Wildman–Crippen LogP) is 0.734. The topological polar surface area (TPSA) is 29.1 Å². The molecule has 94 valence electrons. The molecule has 2 nitrogen and oxygen atoms in total. The molecule has 0 radical (unpaired) electrons. The third kappa shape index (κ3) is 1.60. The van der Waals surface area contributed by atoms with Gasteiger partial charge in [-0.1, -0.05) is 60.7 Å². The molecule has 1 heterocycles. The van der Waals surface area contributed by atoms with E-state index in [1.54, 1.807) is 0 Å². The second kappa shape index (κ2) is 3.95. The van der Waals surface area contributed by atoms with Crippen LogP contribution in [0.25, 0.3) is 12.2 Å². The molecule has 0 saturated carbocycles. The van der Waals surface area contributed by atoms with Gasteiger partial charge >= 0.3 is 0 Å². The average molecular weight is 249 g/mol. The summed E-state index contributed by atoms with van der Waals surface area (Å²) in [5, 5.41) is 5.65. The van der Waals surface area contributed by atoms with Gasteiger partial charge in [0.25, 0.3) is 0 Å².